The third-order valence-electron chi connectivity index (χ3n) is 2.10. The van der Waals surface area contributed by atoms with Gasteiger partial charge in [0, 0.05) is 17.2 Å². The first-order chi connectivity index (χ1) is 7.16. The van der Waals surface area contributed by atoms with Gasteiger partial charge in [0.1, 0.15) is 6.10 Å². The average molecular weight is 211 g/mol. The molecule has 0 saturated carbocycles. The van der Waals surface area contributed by atoms with Crippen molar-refractivity contribution in [3.63, 3.8) is 0 Å². The molecule has 2 unspecified atom stereocenters. The van der Waals surface area contributed by atoms with Gasteiger partial charge in [0.2, 0.25) is 0 Å². The smallest absolute Gasteiger partial charge is 0.124 e. The van der Waals surface area contributed by atoms with Crippen molar-refractivity contribution < 1.29 is 10.2 Å². The van der Waals surface area contributed by atoms with E-state index in [-0.39, 0.29) is 13.0 Å². The van der Waals surface area contributed by atoms with Crippen molar-refractivity contribution in [2.45, 2.75) is 25.6 Å². The van der Waals surface area contributed by atoms with E-state index in [1.807, 2.05) is 0 Å². The topological polar surface area (TPSA) is 118 Å². The molecule has 0 aliphatic carbocycles. The van der Waals surface area contributed by atoms with E-state index in [1.54, 1.807) is 6.92 Å². The number of aliphatic hydroxyl groups is 2. The van der Waals surface area contributed by atoms with Crippen LogP contribution >= 0.6 is 0 Å². The number of aryl methyl sites for hydroxylation is 1. The predicted molar refractivity (Wildman–Crippen MR) is 52.9 cm³/mol. The van der Waals surface area contributed by atoms with Gasteiger partial charge >= 0.3 is 0 Å². The molecule has 0 radical (unpaired) electrons. The minimum Gasteiger partial charge on any atom is -0.390 e. The van der Waals surface area contributed by atoms with Gasteiger partial charge in [0.15, 0.2) is 0 Å². The number of aliphatic hydroxyl groups excluding tert-OH is 2. The second-order valence-electron chi connectivity index (χ2n) is 3.17. The number of azide groups is 1. The van der Waals surface area contributed by atoms with Gasteiger partial charge in [-0.1, -0.05) is 5.11 Å². The van der Waals surface area contributed by atoms with Gasteiger partial charge in [0.05, 0.1) is 18.1 Å². The minimum absolute atomic E-state index is 0.151. The van der Waals surface area contributed by atoms with E-state index in [9.17, 15) is 10.2 Å². The monoisotopic (exact) mass is 211 g/mol. The number of hydrogen-bond acceptors (Lipinski definition) is 4. The molecule has 0 saturated heterocycles. The Labute approximate surface area is 86.4 Å². The normalized spacial score (nSPS) is 14.3. The highest BCUT2D eigenvalue weighted by molar-refractivity contribution is 5.13. The van der Waals surface area contributed by atoms with Crippen LogP contribution in [0.3, 0.4) is 0 Å². The average Bonchev–Trinajstić information content (AvgIpc) is 2.63. The van der Waals surface area contributed by atoms with E-state index in [4.69, 9.17) is 5.53 Å². The van der Waals surface area contributed by atoms with Gasteiger partial charge in [0.25, 0.3) is 0 Å². The Balaban J connectivity index is 2.56. The van der Waals surface area contributed by atoms with Gasteiger partial charge in [-0.3, -0.25) is 0 Å². The Morgan fingerprint density at radius 3 is 2.93 bits per heavy atom. The molecule has 0 spiro atoms. The van der Waals surface area contributed by atoms with Gasteiger partial charge in [-0.05, 0) is 18.9 Å². The van der Waals surface area contributed by atoms with E-state index >= 15 is 0 Å². The summed E-state index contributed by atoms with van der Waals surface area (Å²) in [5.74, 6) is 0. The zero-order valence-electron chi connectivity index (χ0n) is 8.33. The lowest BCUT2D eigenvalue weighted by Crippen LogP contribution is -2.20. The number of nitrogens with zero attached hydrogens (tertiary/aromatic N) is 4. The molecular formula is C8H13N5O2. The minimum atomic E-state index is -1.05. The van der Waals surface area contributed by atoms with Gasteiger partial charge < -0.3 is 15.2 Å². The maximum Gasteiger partial charge on any atom is 0.124 e. The number of aromatic amines is 1. The number of imidazole rings is 1. The summed E-state index contributed by atoms with van der Waals surface area (Å²) in [6.07, 6.45) is -0.367. The van der Waals surface area contributed by atoms with E-state index in [2.05, 4.69) is 20.0 Å². The molecule has 7 heteroatoms. The fourth-order valence-electron chi connectivity index (χ4n) is 1.24. The van der Waals surface area contributed by atoms with Crippen LogP contribution in [0.2, 0.25) is 0 Å². The third kappa shape index (κ3) is 2.95. The van der Waals surface area contributed by atoms with Crippen LogP contribution in [-0.2, 0) is 0 Å². The summed E-state index contributed by atoms with van der Waals surface area (Å²) >= 11 is 0. The lowest BCUT2D eigenvalue weighted by Gasteiger charge is -2.15. The molecule has 15 heavy (non-hydrogen) atoms. The van der Waals surface area contributed by atoms with Crippen LogP contribution in [0.1, 0.15) is 23.9 Å². The summed E-state index contributed by atoms with van der Waals surface area (Å²) in [6, 6.07) is 0. The summed E-state index contributed by atoms with van der Waals surface area (Å²) in [7, 11) is 0. The molecule has 1 heterocycles. The number of nitrogens with one attached hydrogen (secondary N) is 1. The molecule has 0 bridgehead atoms. The third-order valence-corrected chi connectivity index (χ3v) is 2.10. The quantitative estimate of drug-likeness (QED) is 0.380. The lowest BCUT2D eigenvalue weighted by molar-refractivity contribution is 0.0123. The predicted octanol–water partition coefficient (Wildman–Crippen LogP) is 0.813. The SMILES string of the molecule is Cc1[nH]cnc1C(O)C(O)CCN=[N+]=[N-]. The first-order valence-corrected chi connectivity index (χ1v) is 4.53. The highest BCUT2D eigenvalue weighted by atomic mass is 16.3. The van der Waals surface area contributed by atoms with E-state index < -0.39 is 12.2 Å². The van der Waals surface area contributed by atoms with Crippen molar-refractivity contribution in [3.05, 3.63) is 28.2 Å². The second kappa shape index (κ2) is 5.35. The summed E-state index contributed by atoms with van der Waals surface area (Å²) in [6.45, 7) is 1.91. The molecule has 0 fully saturated rings. The molecular weight excluding hydrogens is 198 g/mol. The highest BCUT2D eigenvalue weighted by Gasteiger charge is 2.21. The number of aromatic nitrogens is 2. The zero-order chi connectivity index (χ0) is 11.3. The maximum absolute atomic E-state index is 9.69. The zero-order valence-corrected chi connectivity index (χ0v) is 8.33. The molecule has 0 aliphatic heterocycles. The van der Waals surface area contributed by atoms with E-state index in [0.29, 0.717) is 11.4 Å². The first-order valence-electron chi connectivity index (χ1n) is 4.53. The standard InChI is InChI=1S/C8H13N5O2/c1-5-7(11-4-10-5)8(15)6(14)2-3-12-13-9/h4,6,8,14-15H,2-3H2,1H3,(H,10,11). The molecule has 82 valence electrons. The molecule has 1 rings (SSSR count). The molecule has 3 N–H and O–H groups in total. The van der Waals surface area contributed by atoms with Crippen molar-refractivity contribution in [2.24, 2.45) is 5.11 Å². The van der Waals surface area contributed by atoms with E-state index in [0.717, 1.165) is 0 Å². The van der Waals surface area contributed by atoms with E-state index in [1.165, 1.54) is 6.33 Å². The Bertz CT molecular complexity index is 358. The van der Waals surface area contributed by atoms with Crippen molar-refractivity contribution in [2.75, 3.05) is 6.54 Å². The molecule has 0 amide bonds. The van der Waals surface area contributed by atoms with Crippen LogP contribution in [-0.4, -0.2) is 32.8 Å². The van der Waals surface area contributed by atoms with Crippen molar-refractivity contribution in [1.82, 2.24) is 9.97 Å². The van der Waals surface area contributed by atoms with Crippen LogP contribution in [0.4, 0.5) is 0 Å². The molecule has 2 atom stereocenters. The van der Waals surface area contributed by atoms with Crippen molar-refractivity contribution in [3.8, 4) is 0 Å². The molecule has 1 aromatic heterocycles. The van der Waals surface area contributed by atoms with Crippen molar-refractivity contribution >= 4 is 0 Å². The first kappa shape index (κ1) is 11.5. The highest BCUT2D eigenvalue weighted by Crippen LogP contribution is 2.19. The molecule has 0 aromatic carbocycles. The lowest BCUT2D eigenvalue weighted by atomic mass is 10.1. The van der Waals surface area contributed by atoms with Crippen LogP contribution < -0.4 is 0 Å². The fraction of sp³-hybridized carbons (Fsp3) is 0.625. The van der Waals surface area contributed by atoms with Gasteiger partial charge in [-0.25, -0.2) is 4.98 Å². The molecule has 1 aromatic rings. The van der Waals surface area contributed by atoms with Crippen molar-refractivity contribution in [1.29, 1.82) is 0 Å². The molecule has 0 aliphatic rings. The van der Waals surface area contributed by atoms with Crippen LogP contribution in [0.25, 0.3) is 10.4 Å². The Morgan fingerprint density at radius 1 is 1.67 bits per heavy atom. The summed E-state index contributed by atoms with van der Waals surface area (Å²) in [5, 5.41) is 22.5. The Kier molecular flexibility index (Phi) is 4.11. The van der Waals surface area contributed by atoms with Crippen LogP contribution in [0.15, 0.2) is 11.4 Å². The Morgan fingerprint density at radius 2 is 2.40 bits per heavy atom. The number of H-pyrrole nitrogens is 1. The van der Waals surface area contributed by atoms with Gasteiger partial charge in [-0.15, -0.1) is 0 Å². The second-order valence-corrected chi connectivity index (χ2v) is 3.17. The molecule has 7 nitrogen and oxygen atoms in total. The maximum atomic E-state index is 9.69. The van der Waals surface area contributed by atoms with Gasteiger partial charge in [-0.2, -0.15) is 0 Å². The fourth-order valence-corrected chi connectivity index (χ4v) is 1.24. The van der Waals surface area contributed by atoms with Crippen LogP contribution in [0, 0.1) is 6.92 Å². The van der Waals surface area contributed by atoms with Crippen LogP contribution in [0.5, 0.6) is 0 Å². The number of hydrogen-bond donors (Lipinski definition) is 3. The summed E-state index contributed by atoms with van der Waals surface area (Å²) in [4.78, 5) is 9.26. The Hall–Kier alpha value is -1.56. The number of rotatable bonds is 5. The largest absolute Gasteiger partial charge is 0.390 e. The summed E-state index contributed by atoms with van der Waals surface area (Å²) in [5.41, 5.74) is 9.18. The summed E-state index contributed by atoms with van der Waals surface area (Å²) < 4.78 is 0.